The average Bonchev–Trinajstić information content (AvgIpc) is 3.17. The zero-order valence-corrected chi connectivity index (χ0v) is 11.3. The fourth-order valence-corrected chi connectivity index (χ4v) is 2.67. The van der Waals surface area contributed by atoms with E-state index in [9.17, 15) is 0 Å². The van der Waals surface area contributed by atoms with Gasteiger partial charge in [0.05, 0.1) is 0 Å². The van der Waals surface area contributed by atoms with Crippen molar-refractivity contribution < 1.29 is 9.47 Å². The highest BCUT2D eigenvalue weighted by atomic mass is 16.7. The van der Waals surface area contributed by atoms with Gasteiger partial charge in [-0.25, -0.2) is 0 Å². The zero-order chi connectivity index (χ0) is 12.1. The van der Waals surface area contributed by atoms with E-state index in [1.54, 1.807) is 0 Å². The third-order valence-corrected chi connectivity index (χ3v) is 3.85. The Balaban J connectivity index is 1.62. The first kappa shape index (κ1) is 13.3. The lowest BCUT2D eigenvalue weighted by atomic mass is 9.98. The fraction of sp³-hybridized carbons (Fsp3) is 1.00. The maximum atomic E-state index is 5.53. The molecule has 3 heteroatoms. The maximum absolute atomic E-state index is 5.53. The third kappa shape index (κ3) is 4.57. The molecule has 0 heterocycles. The average molecular weight is 241 g/mol. The highest BCUT2D eigenvalue weighted by molar-refractivity contribution is 4.92. The van der Waals surface area contributed by atoms with Crippen LogP contribution in [-0.2, 0) is 9.47 Å². The lowest BCUT2D eigenvalue weighted by molar-refractivity contribution is -0.133. The molecule has 1 N–H and O–H groups in total. The summed E-state index contributed by atoms with van der Waals surface area (Å²) < 4.78 is 11.1. The molecule has 0 aromatic heterocycles. The second kappa shape index (κ2) is 6.72. The Morgan fingerprint density at radius 3 is 1.88 bits per heavy atom. The molecular formula is C14H27NO2. The van der Waals surface area contributed by atoms with Gasteiger partial charge >= 0.3 is 0 Å². The smallest absolute Gasteiger partial charge is 0.169 e. The molecular weight excluding hydrogens is 214 g/mol. The summed E-state index contributed by atoms with van der Waals surface area (Å²) >= 11 is 0. The van der Waals surface area contributed by atoms with Gasteiger partial charge in [0.2, 0.25) is 0 Å². The summed E-state index contributed by atoms with van der Waals surface area (Å²) in [6.07, 6.45) is 5.78. The van der Waals surface area contributed by atoms with Crippen molar-refractivity contribution in [1.29, 1.82) is 0 Å². The number of hydrogen-bond acceptors (Lipinski definition) is 3. The van der Waals surface area contributed by atoms with Gasteiger partial charge in [0, 0.05) is 19.8 Å². The van der Waals surface area contributed by atoms with Gasteiger partial charge in [0.25, 0.3) is 0 Å². The lowest BCUT2D eigenvalue weighted by Crippen LogP contribution is -2.35. The first-order valence-electron chi connectivity index (χ1n) is 7.29. The molecule has 0 atom stereocenters. The van der Waals surface area contributed by atoms with Crippen LogP contribution in [0.15, 0.2) is 0 Å². The van der Waals surface area contributed by atoms with Crippen molar-refractivity contribution in [3.63, 3.8) is 0 Å². The first-order valence-corrected chi connectivity index (χ1v) is 7.29. The summed E-state index contributed by atoms with van der Waals surface area (Å²) in [5.41, 5.74) is 0. The molecule has 0 unspecified atom stereocenters. The van der Waals surface area contributed by atoms with Gasteiger partial charge < -0.3 is 14.8 Å². The van der Waals surface area contributed by atoms with E-state index in [-0.39, 0.29) is 6.29 Å². The molecule has 2 fully saturated rings. The minimum absolute atomic E-state index is 0.0657. The minimum Gasteiger partial charge on any atom is -0.352 e. The van der Waals surface area contributed by atoms with Gasteiger partial charge in [-0.1, -0.05) is 0 Å². The molecule has 2 saturated carbocycles. The van der Waals surface area contributed by atoms with Crippen LogP contribution in [0, 0.1) is 17.8 Å². The van der Waals surface area contributed by atoms with Crippen molar-refractivity contribution in [1.82, 2.24) is 5.32 Å². The Hall–Kier alpha value is -0.120. The van der Waals surface area contributed by atoms with Crippen LogP contribution >= 0.6 is 0 Å². The van der Waals surface area contributed by atoms with Crippen LogP contribution in [0.25, 0.3) is 0 Å². The largest absolute Gasteiger partial charge is 0.352 e. The highest BCUT2D eigenvalue weighted by Gasteiger charge is 2.40. The molecule has 0 radical (unpaired) electrons. The Morgan fingerprint density at radius 1 is 0.941 bits per heavy atom. The summed E-state index contributed by atoms with van der Waals surface area (Å²) in [5.74, 6) is 2.97. The number of hydrogen-bond donors (Lipinski definition) is 1. The zero-order valence-electron chi connectivity index (χ0n) is 11.3. The Bertz CT molecular complexity index is 196. The van der Waals surface area contributed by atoms with Gasteiger partial charge in [-0.3, -0.25) is 0 Å². The molecule has 0 amide bonds. The number of ether oxygens (including phenoxy) is 2. The maximum Gasteiger partial charge on any atom is 0.169 e. The van der Waals surface area contributed by atoms with Gasteiger partial charge in [0.15, 0.2) is 6.29 Å². The van der Waals surface area contributed by atoms with Crippen LogP contribution in [0.3, 0.4) is 0 Å². The standard InChI is InChI=1S/C14H27NO2/c1-3-16-14(17-4-2)10-15-9-13(11-5-6-11)12-7-8-12/h11-15H,3-10H2,1-2H3. The van der Waals surface area contributed by atoms with Crippen LogP contribution < -0.4 is 5.32 Å². The topological polar surface area (TPSA) is 30.5 Å². The predicted molar refractivity (Wildman–Crippen MR) is 68.8 cm³/mol. The van der Waals surface area contributed by atoms with Crippen LogP contribution in [0.5, 0.6) is 0 Å². The van der Waals surface area contributed by atoms with Crippen LogP contribution in [-0.4, -0.2) is 32.6 Å². The molecule has 0 aromatic carbocycles. The molecule has 2 aliphatic rings. The molecule has 0 saturated heterocycles. The lowest BCUT2D eigenvalue weighted by Gasteiger charge is -2.20. The summed E-state index contributed by atoms with van der Waals surface area (Å²) in [5, 5.41) is 3.55. The monoisotopic (exact) mass is 241 g/mol. The molecule has 0 bridgehead atoms. The molecule has 3 nitrogen and oxygen atoms in total. The minimum atomic E-state index is -0.0657. The molecule has 2 aliphatic carbocycles. The molecule has 17 heavy (non-hydrogen) atoms. The molecule has 2 rings (SSSR count). The number of rotatable bonds is 10. The van der Waals surface area contributed by atoms with E-state index in [1.165, 1.54) is 25.7 Å². The summed E-state index contributed by atoms with van der Waals surface area (Å²) in [6.45, 7) is 7.47. The van der Waals surface area contributed by atoms with Gasteiger partial charge in [0.1, 0.15) is 0 Å². The van der Waals surface area contributed by atoms with Crippen molar-refractivity contribution in [2.75, 3.05) is 26.3 Å². The van der Waals surface area contributed by atoms with E-state index in [0.29, 0.717) is 0 Å². The van der Waals surface area contributed by atoms with Crippen molar-refractivity contribution >= 4 is 0 Å². The molecule has 0 spiro atoms. The van der Waals surface area contributed by atoms with Crippen molar-refractivity contribution in [3.05, 3.63) is 0 Å². The van der Waals surface area contributed by atoms with Gasteiger partial charge in [-0.2, -0.15) is 0 Å². The van der Waals surface area contributed by atoms with Crippen molar-refractivity contribution in [2.45, 2.75) is 45.8 Å². The van der Waals surface area contributed by atoms with Crippen LogP contribution in [0.1, 0.15) is 39.5 Å². The van der Waals surface area contributed by atoms with E-state index in [1.807, 2.05) is 13.8 Å². The fourth-order valence-electron chi connectivity index (χ4n) is 2.67. The second-order valence-electron chi connectivity index (χ2n) is 5.34. The summed E-state index contributed by atoms with van der Waals surface area (Å²) in [6, 6.07) is 0. The van der Waals surface area contributed by atoms with E-state index in [2.05, 4.69) is 5.32 Å². The van der Waals surface area contributed by atoms with Gasteiger partial charge in [-0.15, -0.1) is 0 Å². The Labute approximate surface area is 105 Å². The van der Waals surface area contributed by atoms with Crippen molar-refractivity contribution in [3.8, 4) is 0 Å². The SMILES string of the molecule is CCOC(CNCC(C1CC1)C1CC1)OCC. The van der Waals surface area contributed by atoms with E-state index in [0.717, 1.165) is 44.1 Å². The van der Waals surface area contributed by atoms with E-state index >= 15 is 0 Å². The molecule has 100 valence electrons. The molecule has 0 aliphatic heterocycles. The second-order valence-corrected chi connectivity index (χ2v) is 5.34. The van der Waals surface area contributed by atoms with Crippen LogP contribution in [0.4, 0.5) is 0 Å². The summed E-state index contributed by atoms with van der Waals surface area (Å²) in [7, 11) is 0. The third-order valence-electron chi connectivity index (χ3n) is 3.85. The van der Waals surface area contributed by atoms with Gasteiger partial charge in [-0.05, 0) is 63.8 Å². The first-order chi connectivity index (χ1) is 8.35. The quantitative estimate of drug-likeness (QED) is 0.596. The number of nitrogens with one attached hydrogen (secondary N) is 1. The summed E-state index contributed by atoms with van der Waals surface area (Å²) in [4.78, 5) is 0. The van der Waals surface area contributed by atoms with E-state index in [4.69, 9.17) is 9.47 Å². The van der Waals surface area contributed by atoms with Crippen molar-refractivity contribution in [2.24, 2.45) is 17.8 Å². The normalized spacial score (nSPS) is 20.5. The highest BCUT2D eigenvalue weighted by Crippen LogP contribution is 2.48. The predicted octanol–water partition coefficient (Wildman–Crippen LogP) is 2.41. The molecule has 0 aromatic rings. The van der Waals surface area contributed by atoms with Crippen LogP contribution in [0.2, 0.25) is 0 Å². The van der Waals surface area contributed by atoms with E-state index < -0.39 is 0 Å². The Kier molecular flexibility index (Phi) is 5.26. The Morgan fingerprint density at radius 2 is 1.47 bits per heavy atom.